The van der Waals surface area contributed by atoms with Crippen LogP contribution in [0, 0.1) is 0 Å². The van der Waals surface area contributed by atoms with E-state index in [4.69, 9.17) is 4.74 Å². The van der Waals surface area contributed by atoms with Crippen LogP contribution in [0.15, 0.2) is 109 Å². The highest BCUT2D eigenvalue weighted by Crippen LogP contribution is 2.29. The average Bonchev–Trinajstić information content (AvgIpc) is 2.91. The van der Waals surface area contributed by atoms with Crippen molar-refractivity contribution in [3.05, 3.63) is 109 Å². The van der Waals surface area contributed by atoms with Crippen molar-refractivity contribution in [2.45, 2.75) is 0 Å². The van der Waals surface area contributed by atoms with Crippen LogP contribution in [0.5, 0.6) is 11.5 Å². The van der Waals surface area contributed by atoms with E-state index in [1.165, 1.54) is 0 Å². The number of hydrogen-bond donors (Lipinski definition) is 2. The van der Waals surface area contributed by atoms with Crippen LogP contribution in [0.2, 0.25) is 0 Å². The van der Waals surface area contributed by atoms with E-state index in [9.17, 15) is 0 Å². The Kier molecular flexibility index (Phi) is 5.33. The van der Waals surface area contributed by atoms with E-state index in [0.717, 1.165) is 56.1 Å². The zero-order valence-electron chi connectivity index (χ0n) is 18.6. The molecule has 0 saturated carbocycles. The van der Waals surface area contributed by atoms with Crippen LogP contribution in [0.4, 0.5) is 22.7 Å². The lowest BCUT2D eigenvalue weighted by Crippen LogP contribution is -1.95. The quantitative estimate of drug-likeness (QED) is 0.283. The summed E-state index contributed by atoms with van der Waals surface area (Å²) in [5, 5.41) is 25.3. The van der Waals surface area contributed by atoms with E-state index in [2.05, 4.69) is 31.0 Å². The number of nitrogens with zero attached hydrogens (tertiary/aromatic N) is 4. The number of rotatable bonds is 6. The minimum Gasteiger partial charge on any atom is -0.457 e. The van der Waals surface area contributed by atoms with Crippen LogP contribution in [0.1, 0.15) is 0 Å². The maximum atomic E-state index is 6.03. The van der Waals surface area contributed by atoms with Crippen LogP contribution in [-0.2, 0) is 0 Å². The lowest BCUT2D eigenvalue weighted by molar-refractivity contribution is 0.483. The Labute approximate surface area is 201 Å². The zero-order valence-corrected chi connectivity index (χ0v) is 18.6. The first kappa shape index (κ1) is 20.6. The summed E-state index contributed by atoms with van der Waals surface area (Å²) in [5.74, 6) is 1.50. The molecule has 7 nitrogen and oxygen atoms in total. The van der Waals surface area contributed by atoms with Crippen LogP contribution >= 0.6 is 0 Å². The maximum absolute atomic E-state index is 6.03. The summed E-state index contributed by atoms with van der Waals surface area (Å²) in [6.07, 6.45) is 3.46. The van der Waals surface area contributed by atoms with Crippen molar-refractivity contribution in [2.24, 2.45) is 0 Å². The third-order valence-electron chi connectivity index (χ3n) is 5.60. The van der Waals surface area contributed by atoms with Gasteiger partial charge in [-0.25, -0.2) is 0 Å². The van der Waals surface area contributed by atoms with E-state index in [1.54, 1.807) is 12.4 Å². The van der Waals surface area contributed by atoms with Gasteiger partial charge in [-0.15, -0.1) is 0 Å². The van der Waals surface area contributed by atoms with Crippen LogP contribution < -0.4 is 15.4 Å². The molecule has 6 rings (SSSR count). The predicted molar refractivity (Wildman–Crippen MR) is 139 cm³/mol. The van der Waals surface area contributed by atoms with Gasteiger partial charge < -0.3 is 15.4 Å². The molecule has 0 aliphatic carbocycles. The number of benzene rings is 4. The average molecular weight is 457 g/mol. The van der Waals surface area contributed by atoms with Gasteiger partial charge in [-0.1, -0.05) is 36.4 Å². The number of aromatic nitrogens is 4. The fraction of sp³-hybridized carbons (Fsp3) is 0. The molecular weight excluding hydrogens is 436 g/mol. The molecule has 4 aromatic carbocycles. The Morgan fingerprint density at radius 1 is 0.486 bits per heavy atom. The molecule has 0 bridgehead atoms. The Hall–Kier alpha value is -5.04. The maximum Gasteiger partial charge on any atom is 0.127 e. The third kappa shape index (κ3) is 4.43. The van der Waals surface area contributed by atoms with Crippen molar-refractivity contribution in [3.63, 3.8) is 0 Å². The first-order valence-electron chi connectivity index (χ1n) is 11.1. The molecule has 0 saturated heterocycles. The highest BCUT2D eigenvalue weighted by molar-refractivity contribution is 5.92. The summed E-state index contributed by atoms with van der Waals surface area (Å²) in [5.41, 5.74) is 5.39. The van der Waals surface area contributed by atoms with E-state index < -0.39 is 0 Å². The minimum absolute atomic E-state index is 0.748. The van der Waals surface area contributed by atoms with Crippen molar-refractivity contribution in [1.29, 1.82) is 0 Å². The third-order valence-corrected chi connectivity index (χ3v) is 5.60. The summed E-state index contributed by atoms with van der Waals surface area (Å²) in [6, 6.07) is 31.4. The van der Waals surface area contributed by atoms with Gasteiger partial charge in [-0.2, -0.15) is 20.4 Å². The molecular formula is C28H20N6O. The van der Waals surface area contributed by atoms with Crippen molar-refractivity contribution < 1.29 is 4.74 Å². The first-order chi connectivity index (χ1) is 17.3. The summed E-state index contributed by atoms with van der Waals surface area (Å²) in [4.78, 5) is 0. The van der Waals surface area contributed by atoms with E-state index in [-0.39, 0.29) is 0 Å². The Morgan fingerprint density at radius 3 is 1.37 bits per heavy atom. The van der Waals surface area contributed by atoms with Crippen molar-refractivity contribution in [1.82, 2.24) is 20.4 Å². The summed E-state index contributed by atoms with van der Waals surface area (Å²) in [7, 11) is 0. The van der Waals surface area contributed by atoms with Gasteiger partial charge in [0.05, 0.1) is 34.8 Å². The summed E-state index contributed by atoms with van der Waals surface area (Å²) in [6.45, 7) is 0. The van der Waals surface area contributed by atoms with Gasteiger partial charge in [0.15, 0.2) is 0 Å². The molecule has 7 heteroatoms. The topological polar surface area (TPSA) is 84.9 Å². The lowest BCUT2D eigenvalue weighted by atomic mass is 10.2. The smallest absolute Gasteiger partial charge is 0.127 e. The second kappa shape index (κ2) is 9.07. The standard InChI is InChI=1S/C28H20N6O/c1-3-7-25-23(5-1)27(17-29-33-25)31-19-9-13-21(14-10-19)35-22-15-11-20(12-16-22)32-28-18-30-34-26-8-4-2-6-24(26)28/h1-18H,(H,31,33)(H,32,34). The lowest BCUT2D eigenvalue weighted by Gasteiger charge is -2.11. The van der Waals surface area contributed by atoms with Crippen LogP contribution in [0.25, 0.3) is 21.8 Å². The normalized spacial score (nSPS) is 10.9. The summed E-state index contributed by atoms with van der Waals surface area (Å²) >= 11 is 0. The Balaban J connectivity index is 1.13. The fourth-order valence-corrected chi connectivity index (χ4v) is 3.87. The van der Waals surface area contributed by atoms with Gasteiger partial charge >= 0.3 is 0 Å². The molecule has 6 aromatic rings. The molecule has 2 N–H and O–H groups in total. The molecule has 2 aromatic heterocycles. The number of anilines is 4. The Bertz CT molecular complexity index is 1480. The first-order valence-corrected chi connectivity index (χ1v) is 11.1. The second-order valence-electron chi connectivity index (χ2n) is 7.95. The molecule has 0 radical (unpaired) electrons. The molecule has 0 unspecified atom stereocenters. The second-order valence-corrected chi connectivity index (χ2v) is 7.95. The van der Waals surface area contributed by atoms with Gasteiger partial charge in [0, 0.05) is 22.1 Å². The van der Waals surface area contributed by atoms with E-state index in [0.29, 0.717) is 0 Å². The number of ether oxygens (including phenoxy) is 1. The van der Waals surface area contributed by atoms with Gasteiger partial charge in [0.2, 0.25) is 0 Å². The molecule has 168 valence electrons. The highest BCUT2D eigenvalue weighted by Gasteiger charge is 2.05. The summed E-state index contributed by atoms with van der Waals surface area (Å²) < 4.78 is 6.03. The molecule has 0 amide bonds. The number of nitrogens with one attached hydrogen (secondary N) is 2. The predicted octanol–water partition coefficient (Wildman–Crippen LogP) is 6.85. The van der Waals surface area contributed by atoms with Gasteiger partial charge in [0.25, 0.3) is 0 Å². The number of hydrogen-bond acceptors (Lipinski definition) is 7. The van der Waals surface area contributed by atoms with Gasteiger partial charge in [-0.05, 0) is 60.7 Å². The van der Waals surface area contributed by atoms with Gasteiger partial charge in [0.1, 0.15) is 11.5 Å². The van der Waals surface area contributed by atoms with Crippen LogP contribution in [-0.4, -0.2) is 20.4 Å². The van der Waals surface area contributed by atoms with Crippen LogP contribution in [0.3, 0.4) is 0 Å². The van der Waals surface area contributed by atoms with Crippen molar-refractivity contribution in [2.75, 3.05) is 10.6 Å². The molecule has 35 heavy (non-hydrogen) atoms. The molecule has 0 spiro atoms. The SMILES string of the molecule is c1ccc2c(Nc3ccc(Oc4ccc(Nc5cnnc6ccccc56)cc4)cc3)cnnc2c1. The molecule has 0 aliphatic heterocycles. The molecule has 2 heterocycles. The molecule has 0 atom stereocenters. The number of fused-ring (bicyclic) bond motifs is 2. The fourth-order valence-electron chi connectivity index (χ4n) is 3.87. The van der Waals surface area contributed by atoms with E-state index in [1.807, 2.05) is 97.1 Å². The minimum atomic E-state index is 0.748. The molecule has 0 fully saturated rings. The van der Waals surface area contributed by atoms with Crippen molar-refractivity contribution in [3.8, 4) is 11.5 Å². The van der Waals surface area contributed by atoms with Gasteiger partial charge in [-0.3, -0.25) is 0 Å². The largest absolute Gasteiger partial charge is 0.457 e. The molecule has 0 aliphatic rings. The van der Waals surface area contributed by atoms with Crippen molar-refractivity contribution >= 4 is 44.6 Å². The highest BCUT2D eigenvalue weighted by atomic mass is 16.5. The Morgan fingerprint density at radius 2 is 0.914 bits per heavy atom. The zero-order chi connectivity index (χ0) is 23.5. The monoisotopic (exact) mass is 456 g/mol. The van der Waals surface area contributed by atoms with E-state index >= 15 is 0 Å².